The lowest BCUT2D eigenvalue weighted by atomic mass is 10.1. The van der Waals surface area contributed by atoms with Gasteiger partial charge >= 0.3 is 0 Å². The van der Waals surface area contributed by atoms with E-state index in [1.165, 1.54) is 18.6 Å². The van der Waals surface area contributed by atoms with Gasteiger partial charge in [-0.25, -0.2) is 0 Å². The van der Waals surface area contributed by atoms with Gasteiger partial charge in [0, 0.05) is 11.8 Å². The van der Waals surface area contributed by atoms with Crippen molar-refractivity contribution < 1.29 is 0 Å². The summed E-state index contributed by atoms with van der Waals surface area (Å²) < 4.78 is 0. The Kier molecular flexibility index (Phi) is 7.18. The van der Waals surface area contributed by atoms with Gasteiger partial charge in [-0.3, -0.25) is 0 Å². The first kappa shape index (κ1) is 11.3. The summed E-state index contributed by atoms with van der Waals surface area (Å²) in [4.78, 5) is 0. The SMILES string of the molecule is CC(C)CCCSC(C)CN. The van der Waals surface area contributed by atoms with Crippen molar-refractivity contribution in [2.24, 2.45) is 11.7 Å². The second-order valence-electron chi connectivity index (χ2n) is 3.45. The summed E-state index contributed by atoms with van der Waals surface area (Å²) in [5.41, 5.74) is 5.49. The average molecular weight is 175 g/mol. The summed E-state index contributed by atoms with van der Waals surface area (Å²) in [5.74, 6) is 2.13. The first-order chi connectivity index (χ1) is 5.16. The smallest absolute Gasteiger partial charge is 0.0141 e. The van der Waals surface area contributed by atoms with Crippen molar-refractivity contribution in [1.29, 1.82) is 0 Å². The molecule has 2 heteroatoms. The van der Waals surface area contributed by atoms with Gasteiger partial charge in [-0.15, -0.1) is 0 Å². The van der Waals surface area contributed by atoms with Crippen molar-refractivity contribution in [3.05, 3.63) is 0 Å². The molecule has 0 radical (unpaired) electrons. The van der Waals surface area contributed by atoms with Gasteiger partial charge in [-0.1, -0.05) is 27.2 Å². The van der Waals surface area contributed by atoms with E-state index in [2.05, 4.69) is 20.8 Å². The molecule has 0 saturated heterocycles. The summed E-state index contributed by atoms with van der Waals surface area (Å²) >= 11 is 1.99. The van der Waals surface area contributed by atoms with E-state index in [1.807, 2.05) is 11.8 Å². The Bertz CT molecular complexity index is 83.6. The zero-order valence-corrected chi connectivity index (χ0v) is 8.79. The van der Waals surface area contributed by atoms with E-state index in [0.717, 1.165) is 12.5 Å². The Morgan fingerprint density at radius 3 is 2.36 bits per heavy atom. The van der Waals surface area contributed by atoms with Crippen molar-refractivity contribution in [3.63, 3.8) is 0 Å². The molecule has 0 amide bonds. The number of nitrogens with two attached hydrogens (primary N) is 1. The minimum absolute atomic E-state index is 0.641. The van der Waals surface area contributed by atoms with Crippen LogP contribution in [0.15, 0.2) is 0 Å². The van der Waals surface area contributed by atoms with Crippen molar-refractivity contribution in [2.45, 2.75) is 38.9 Å². The zero-order chi connectivity index (χ0) is 8.69. The number of rotatable bonds is 6. The molecule has 1 unspecified atom stereocenters. The molecule has 0 aliphatic rings. The molecule has 0 aliphatic carbocycles. The fraction of sp³-hybridized carbons (Fsp3) is 1.00. The lowest BCUT2D eigenvalue weighted by molar-refractivity contribution is 0.579. The second-order valence-corrected chi connectivity index (χ2v) is 5.00. The number of hydrogen-bond acceptors (Lipinski definition) is 2. The summed E-state index contributed by atoms with van der Waals surface area (Å²) in [6, 6.07) is 0. The molecule has 2 N–H and O–H groups in total. The molecule has 0 saturated carbocycles. The van der Waals surface area contributed by atoms with Gasteiger partial charge in [0.15, 0.2) is 0 Å². The van der Waals surface area contributed by atoms with Gasteiger partial charge in [0.25, 0.3) is 0 Å². The maximum absolute atomic E-state index is 5.49. The molecule has 0 aromatic heterocycles. The fourth-order valence-corrected chi connectivity index (χ4v) is 1.72. The second kappa shape index (κ2) is 6.99. The lowest BCUT2D eigenvalue weighted by Crippen LogP contribution is -2.13. The molecule has 0 bridgehead atoms. The van der Waals surface area contributed by atoms with Crippen LogP contribution in [-0.2, 0) is 0 Å². The third kappa shape index (κ3) is 8.21. The molecule has 1 atom stereocenters. The molecule has 0 heterocycles. The summed E-state index contributed by atoms with van der Waals surface area (Å²) in [6.07, 6.45) is 2.69. The maximum atomic E-state index is 5.49. The molecule has 0 aliphatic heterocycles. The van der Waals surface area contributed by atoms with Gasteiger partial charge in [0.2, 0.25) is 0 Å². The van der Waals surface area contributed by atoms with E-state index in [0.29, 0.717) is 5.25 Å². The largest absolute Gasteiger partial charge is 0.329 e. The Morgan fingerprint density at radius 1 is 1.27 bits per heavy atom. The van der Waals surface area contributed by atoms with E-state index < -0.39 is 0 Å². The maximum Gasteiger partial charge on any atom is 0.0141 e. The molecule has 0 fully saturated rings. The topological polar surface area (TPSA) is 26.0 Å². The lowest BCUT2D eigenvalue weighted by Gasteiger charge is -2.08. The van der Waals surface area contributed by atoms with Crippen LogP contribution in [0.4, 0.5) is 0 Å². The van der Waals surface area contributed by atoms with Gasteiger partial charge in [-0.05, 0) is 18.1 Å². The number of hydrogen-bond donors (Lipinski definition) is 1. The Labute approximate surface area is 75.1 Å². The van der Waals surface area contributed by atoms with Crippen molar-refractivity contribution >= 4 is 11.8 Å². The minimum Gasteiger partial charge on any atom is -0.329 e. The van der Waals surface area contributed by atoms with Crippen LogP contribution in [-0.4, -0.2) is 17.5 Å². The molecular formula is C9H21NS. The summed E-state index contributed by atoms with van der Waals surface area (Å²) in [6.45, 7) is 7.56. The highest BCUT2D eigenvalue weighted by molar-refractivity contribution is 7.99. The monoisotopic (exact) mass is 175 g/mol. The van der Waals surface area contributed by atoms with E-state index in [9.17, 15) is 0 Å². The molecule has 11 heavy (non-hydrogen) atoms. The first-order valence-electron chi connectivity index (χ1n) is 4.48. The molecule has 0 rings (SSSR count). The van der Waals surface area contributed by atoms with E-state index in [-0.39, 0.29) is 0 Å². The molecule has 68 valence electrons. The average Bonchev–Trinajstić information content (AvgIpc) is 1.97. The molecule has 0 spiro atoms. The standard InChI is InChI=1S/C9H21NS/c1-8(2)5-4-6-11-9(3)7-10/h8-9H,4-7,10H2,1-3H3. The van der Waals surface area contributed by atoms with Crippen LogP contribution in [0.5, 0.6) is 0 Å². The van der Waals surface area contributed by atoms with Gasteiger partial charge in [0.1, 0.15) is 0 Å². The predicted octanol–water partition coefficient (Wildman–Crippen LogP) is 2.50. The highest BCUT2D eigenvalue weighted by Crippen LogP contribution is 2.13. The normalized spacial score (nSPS) is 13.9. The Balaban J connectivity index is 3.01. The van der Waals surface area contributed by atoms with Crippen LogP contribution in [0.1, 0.15) is 33.6 Å². The molecular weight excluding hydrogens is 154 g/mol. The minimum atomic E-state index is 0.641. The predicted molar refractivity (Wildman–Crippen MR) is 55.0 cm³/mol. The van der Waals surface area contributed by atoms with Crippen molar-refractivity contribution in [2.75, 3.05) is 12.3 Å². The van der Waals surface area contributed by atoms with Crippen LogP contribution < -0.4 is 5.73 Å². The quantitative estimate of drug-likeness (QED) is 0.628. The highest BCUT2D eigenvalue weighted by Gasteiger charge is 1.99. The van der Waals surface area contributed by atoms with E-state index in [1.54, 1.807) is 0 Å². The van der Waals surface area contributed by atoms with Crippen molar-refractivity contribution in [3.8, 4) is 0 Å². The van der Waals surface area contributed by atoms with Crippen LogP contribution in [0.25, 0.3) is 0 Å². The van der Waals surface area contributed by atoms with Crippen molar-refractivity contribution in [1.82, 2.24) is 0 Å². The third-order valence-electron chi connectivity index (χ3n) is 1.66. The summed E-state index contributed by atoms with van der Waals surface area (Å²) in [7, 11) is 0. The van der Waals surface area contributed by atoms with Crippen LogP contribution in [0.3, 0.4) is 0 Å². The Hall–Kier alpha value is 0.310. The van der Waals surface area contributed by atoms with Gasteiger partial charge in [0.05, 0.1) is 0 Å². The van der Waals surface area contributed by atoms with E-state index in [4.69, 9.17) is 5.73 Å². The van der Waals surface area contributed by atoms with Gasteiger partial charge in [-0.2, -0.15) is 11.8 Å². The van der Waals surface area contributed by atoms with Gasteiger partial charge < -0.3 is 5.73 Å². The summed E-state index contributed by atoms with van der Waals surface area (Å²) in [5, 5.41) is 0.641. The number of thioether (sulfide) groups is 1. The molecule has 0 aromatic carbocycles. The Morgan fingerprint density at radius 2 is 1.91 bits per heavy atom. The van der Waals surface area contributed by atoms with E-state index >= 15 is 0 Å². The molecule has 1 nitrogen and oxygen atoms in total. The third-order valence-corrected chi connectivity index (χ3v) is 2.95. The molecule has 0 aromatic rings. The fourth-order valence-electron chi connectivity index (χ4n) is 0.844. The van der Waals surface area contributed by atoms with Crippen LogP contribution >= 0.6 is 11.8 Å². The highest BCUT2D eigenvalue weighted by atomic mass is 32.2. The first-order valence-corrected chi connectivity index (χ1v) is 5.53. The van der Waals surface area contributed by atoms with Crippen LogP contribution in [0, 0.1) is 5.92 Å². The zero-order valence-electron chi connectivity index (χ0n) is 7.97. The van der Waals surface area contributed by atoms with Crippen LogP contribution in [0.2, 0.25) is 0 Å².